The maximum absolute atomic E-state index is 11.7. The van der Waals surface area contributed by atoms with Crippen molar-refractivity contribution in [3.8, 4) is 11.8 Å². The van der Waals surface area contributed by atoms with E-state index in [2.05, 4.69) is 39.7 Å². The minimum atomic E-state index is -0.387. The lowest BCUT2D eigenvalue weighted by Crippen LogP contribution is -2.30. The number of urea groups is 1. The number of nitrogens with zero attached hydrogens (tertiary/aromatic N) is 1. The Labute approximate surface area is 162 Å². The number of nitrogens with one attached hydrogen (secondary N) is 1. The molecule has 134 valence electrons. The van der Waals surface area contributed by atoms with E-state index in [1.54, 1.807) is 18.2 Å². The van der Waals surface area contributed by atoms with Gasteiger partial charge in [0, 0.05) is 18.6 Å². The quantitative estimate of drug-likeness (QED) is 0.204. The number of rotatable bonds is 9. The van der Waals surface area contributed by atoms with Gasteiger partial charge in [0.05, 0.1) is 18.8 Å². The first-order valence-electron chi connectivity index (χ1n) is 8.56. The van der Waals surface area contributed by atoms with Gasteiger partial charge in [-0.25, -0.2) is 9.69 Å². The van der Waals surface area contributed by atoms with Crippen molar-refractivity contribution in [1.82, 2.24) is 5.32 Å². The summed E-state index contributed by atoms with van der Waals surface area (Å²) in [6.45, 7) is 1.47. The summed E-state index contributed by atoms with van der Waals surface area (Å²) in [4.78, 5) is 24.6. The third kappa shape index (κ3) is 6.67. The van der Waals surface area contributed by atoms with Crippen LogP contribution in [0.5, 0.6) is 0 Å². The summed E-state index contributed by atoms with van der Waals surface area (Å²) < 4.78 is 6.80. The maximum atomic E-state index is 11.7. The highest BCUT2D eigenvalue weighted by Gasteiger charge is 2.29. The van der Waals surface area contributed by atoms with Crippen LogP contribution in [0.15, 0.2) is 24.3 Å². The molecule has 1 aromatic rings. The number of hydrogen-bond donors (Lipinski definition) is 1. The Morgan fingerprint density at radius 1 is 1.16 bits per heavy atom. The molecule has 1 aliphatic heterocycles. The Bertz CT molecular complexity index is 636. The lowest BCUT2D eigenvalue weighted by Gasteiger charge is -2.12. The summed E-state index contributed by atoms with van der Waals surface area (Å²) in [5, 5.41) is 2.51. The van der Waals surface area contributed by atoms with Gasteiger partial charge in [-0.1, -0.05) is 53.3 Å². The Kier molecular flexibility index (Phi) is 8.77. The molecule has 25 heavy (non-hydrogen) atoms. The first-order chi connectivity index (χ1) is 12.2. The van der Waals surface area contributed by atoms with Crippen molar-refractivity contribution in [3.63, 3.8) is 0 Å². The minimum absolute atomic E-state index is 0.0458. The fraction of sp³-hybridized carbons (Fsp3) is 0.474. The van der Waals surface area contributed by atoms with Crippen LogP contribution < -0.4 is 10.2 Å². The predicted molar refractivity (Wildman–Crippen MR) is 107 cm³/mol. The number of carbonyl (C=O) groups excluding carboxylic acids is 2. The molecule has 0 spiro atoms. The molecular formula is C19H23IN2O3. The number of unbranched alkanes of at least 4 members (excludes halogenated alkanes) is 3. The van der Waals surface area contributed by atoms with E-state index in [4.69, 9.17) is 4.74 Å². The van der Waals surface area contributed by atoms with Crippen LogP contribution in [0.2, 0.25) is 0 Å². The van der Waals surface area contributed by atoms with Crippen LogP contribution in [0.3, 0.4) is 0 Å². The molecule has 1 aliphatic rings. The van der Waals surface area contributed by atoms with Crippen molar-refractivity contribution < 1.29 is 14.3 Å². The summed E-state index contributed by atoms with van der Waals surface area (Å²) in [6, 6.07) is 6.76. The zero-order valence-corrected chi connectivity index (χ0v) is 16.4. The van der Waals surface area contributed by atoms with Gasteiger partial charge in [-0.05, 0) is 35.5 Å². The minimum Gasteiger partial charge on any atom is -0.380 e. The van der Waals surface area contributed by atoms with Gasteiger partial charge in [0.1, 0.15) is 0 Å². The van der Waals surface area contributed by atoms with E-state index < -0.39 is 0 Å². The maximum Gasteiger partial charge on any atom is 0.329 e. The zero-order valence-electron chi connectivity index (χ0n) is 14.2. The van der Waals surface area contributed by atoms with Crippen molar-refractivity contribution in [2.45, 2.75) is 32.1 Å². The number of ether oxygens (including phenoxy) is 1. The highest BCUT2D eigenvalue weighted by atomic mass is 127. The SMILES string of the molecule is O=C1CNC(=O)N1c1cccc(C#CCCOCCCCCCI)c1. The van der Waals surface area contributed by atoms with Gasteiger partial charge in [-0.2, -0.15) is 0 Å². The average molecular weight is 454 g/mol. The van der Waals surface area contributed by atoms with Gasteiger partial charge >= 0.3 is 6.03 Å². The van der Waals surface area contributed by atoms with Crippen molar-refractivity contribution in [2.24, 2.45) is 0 Å². The lowest BCUT2D eigenvalue weighted by molar-refractivity contribution is -0.115. The average Bonchev–Trinajstić information content (AvgIpc) is 2.95. The van der Waals surface area contributed by atoms with E-state index in [1.807, 2.05) is 6.07 Å². The standard InChI is InChI=1S/C19H23IN2O3/c20-11-4-1-2-5-12-25-13-6-3-8-16-9-7-10-17(14-16)22-18(23)15-21-19(22)24/h7,9-10,14H,1-2,4-6,11-13,15H2,(H,21,24). The van der Waals surface area contributed by atoms with E-state index >= 15 is 0 Å². The smallest absolute Gasteiger partial charge is 0.329 e. The van der Waals surface area contributed by atoms with Crippen LogP contribution in [0, 0.1) is 11.8 Å². The molecule has 1 saturated heterocycles. The van der Waals surface area contributed by atoms with Crippen molar-refractivity contribution in [3.05, 3.63) is 29.8 Å². The largest absolute Gasteiger partial charge is 0.380 e. The Hall–Kier alpha value is -1.59. The predicted octanol–water partition coefficient (Wildman–Crippen LogP) is 3.50. The molecule has 0 saturated carbocycles. The summed E-state index contributed by atoms with van der Waals surface area (Å²) >= 11 is 2.40. The number of hydrogen-bond acceptors (Lipinski definition) is 3. The topological polar surface area (TPSA) is 58.6 Å². The number of alkyl halides is 1. The fourth-order valence-electron chi connectivity index (χ4n) is 2.45. The van der Waals surface area contributed by atoms with Crippen LogP contribution in [0.4, 0.5) is 10.5 Å². The Morgan fingerprint density at radius 3 is 2.76 bits per heavy atom. The number of anilines is 1. The molecule has 5 nitrogen and oxygen atoms in total. The first-order valence-corrected chi connectivity index (χ1v) is 10.1. The van der Waals surface area contributed by atoms with Crippen LogP contribution in [0.25, 0.3) is 0 Å². The van der Waals surface area contributed by atoms with Crippen LogP contribution in [0.1, 0.15) is 37.7 Å². The number of halogens is 1. The highest BCUT2D eigenvalue weighted by molar-refractivity contribution is 14.1. The van der Waals surface area contributed by atoms with Gasteiger partial charge in [0.25, 0.3) is 5.91 Å². The lowest BCUT2D eigenvalue weighted by atomic mass is 10.2. The number of benzene rings is 1. The molecule has 0 bridgehead atoms. The van der Waals surface area contributed by atoms with E-state index in [0.717, 1.165) is 23.5 Å². The first kappa shape index (κ1) is 19.7. The molecule has 6 heteroatoms. The van der Waals surface area contributed by atoms with Crippen molar-refractivity contribution in [2.75, 3.05) is 29.1 Å². The van der Waals surface area contributed by atoms with Crippen molar-refractivity contribution in [1.29, 1.82) is 0 Å². The Morgan fingerprint density at radius 2 is 2.00 bits per heavy atom. The third-order valence-corrected chi connectivity index (χ3v) is 4.49. The molecule has 0 atom stereocenters. The second-order valence-electron chi connectivity index (χ2n) is 5.71. The second-order valence-corrected chi connectivity index (χ2v) is 6.78. The zero-order chi connectivity index (χ0) is 17.9. The normalized spacial score (nSPS) is 13.6. The second kappa shape index (κ2) is 11.1. The number of carbonyl (C=O) groups is 2. The van der Waals surface area contributed by atoms with Gasteiger partial charge in [0.2, 0.25) is 0 Å². The summed E-state index contributed by atoms with van der Waals surface area (Å²) in [6.07, 6.45) is 5.57. The monoisotopic (exact) mass is 454 g/mol. The molecule has 0 aromatic heterocycles. The molecule has 1 heterocycles. The molecule has 1 fully saturated rings. The van der Waals surface area contributed by atoms with E-state index in [1.165, 1.54) is 23.7 Å². The van der Waals surface area contributed by atoms with Crippen molar-refractivity contribution >= 4 is 40.2 Å². The summed E-state index contributed by atoms with van der Waals surface area (Å²) in [5.41, 5.74) is 1.33. The van der Waals surface area contributed by atoms with Crippen LogP contribution in [-0.4, -0.2) is 36.1 Å². The molecule has 1 aromatic carbocycles. The molecule has 0 unspecified atom stereocenters. The highest BCUT2D eigenvalue weighted by Crippen LogP contribution is 2.18. The molecule has 0 radical (unpaired) electrons. The van der Waals surface area contributed by atoms with E-state index in [9.17, 15) is 9.59 Å². The summed E-state index contributed by atoms with van der Waals surface area (Å²) in [5.74, 6) is 5.88. The molecule has 0 aliphatic carbocycles. The van der Waals surface area contributed by atoms with Gasteiger partial charge in [-0.3, -0.25) is 4.79 Å². The third-order valence-electron chi connectivity index (χ3n) is 3.72. The summed E-state index contributed by atoms with van der Waals surface area (Å²) in [7, 11) is 0. The molecule has 1 N–H and O–H groups in total. The van der Waals surface area contributed by atoms with Gasteiger partial charge in [-0.15, -0.1) is 0 Å². The Balaban J connectivity index is 1.73. The van der Waals surface area contributed by atoms with Gasteiger partial charge in [0.15, 0.2) is 0 Å². The number of amides is 3. The van der Waals surface area contributed by atoms with Crippen LogP contribution >= 0.6 is 22.6 Å². The molecule has 2 rings (SSSR count). The molecular weight excluding hydrogens is 431 g/mol. The van der Waals surface area contributed by atoms with Crippen LogP contribution in [-0.2, 0) is 9.53 Å². The molecule has 3 amide bonds. The van der Waals surface area contributed by atoms with E-state index in [-0.39, 0.29) is 18.5 Å². The number of imide groups is 1. The van der Waals surface area contributed by atoms with Gasteiger partial charge < -0.3 is 10.1 Å². The fourth-order valence-corrected chi connectivity index (χ4v) is 2.99. The van der Waals surface area contributed by atoms with E-state index in [0.29, 0.717) is 18.7 Å².